The Morgan fingerprint density at radius 1 is 1.18 bits per heavy atom. The smallest absolute Gasteiger partial charge is 0.244 e. The predicted molar refractivity (Wildman–Crippen MR) is 111 cm³/mol. The molecule has 148 valence electrons. The lowest BCUT2D eigenvalue weighted by Crippen LogP contribution is -2.54. The van der Waals surface area contributed by atoms with Crippen LogP contribution in [0.25, 0.3) is 0 Å². The zero-order valence-corrected chi connectivity index (χ0v) is 17.3. The lowest BCUT2D eigenvalue weighted by atomic mass is 10.1. The fourth-order valence-electron chi connectivity index (χ4n) is 3.10. The second-order valence-electron chi connectivity index (χ2n) is 6.33. The molecule has 2 heterocycles. The van der Waals surface area contributed by atoms with E-state index in [4.69, 9.17) is 5.73 Å². The van der Waals surface area contributed by atoms with Crippen LogP contribution in [0, 0.1) is 11.8 Å². The summed E-state index contributed by atoms with van der Waals surface area (Å²) in [6.07, 6.45) is 2.91. The topological polar surface area (TPSA) is 96.6 Å². The molecule has 2 N–H and O–H groups in total. The normalized spacial score (nSPS) is 18.9. The van der Waals surface area contributed by atoms with Gasteiger partial charge < -0.3 is 10.6 Å². The summed E-state index contributed by atoms with van der Waals surface area (Å²) >= 11 is 0. The Hall–Kier alpha value is -2.41. The van der Waals surface area contributed by atoms with E-state index in [0.717, 1.165) is 10.6 Å². The molecule has 0 aliphatic carbocycles. The molecule has 1 aliphatic heterocycles. The molecule has 2 aromatic rings. The van der Waals surface area contributed by atoms with Crippen molar-refractivity contribution >= 4 is 32.3 Å². The maximum Gasteiger partial charge on any atom is 0.244 e. The molecule has 9 heteroatoms. The molecule has 2 atom stereocenters. The van der Waals surface area contributed by atoms with Crippen LogP contribution in [0.3, 0.4) is 0 Å². The molecule has 1 unspecified atom stereocenters. The number of nitrogens with zero attached hydrogens (tertiary/aromatic N) is 3. The van der Waals surface area contributed by atoms with Crippen molar-refractivity contribution in [3.05, 3.63) is 42.6 Å². The summed E-state index contributed by atoms with van der Waals surface area (Å²) < 4.78 is 38.9. The van der Waals surface area contributed by atoms with E-state index in [9.17, 15) is 12.6 Å². The second kappa shape index (κ2) is 8.31. The molecule has 1 aromatic carbocycles. The van der Waals surface area contributed by atoms with E-state index in [1.54, 1.807) is 13.2 Å². The number of anilines is 2. The van der Waals surface area contributed by atoms with Gasteiger partial charge in [-0.1, -0.05) is 5.92 Å². The number of hydrogen-bond donors (Lipinski definition) is 1. The Bertz CT molecular complexity index is 1030. The second-order valence-corrected chi connectivity index (χ2v) is 9.65. The van der Waals surface area contributed by atoms with Gasteiger partial charge in [0.1, 0.15) is 16.8 Å². The van der Waals surface area contributed by atoms with Crippen LogP contribution in [-0.4, -0.2) is 53.8 Å². The fraction of sp³-hybridized carbons (Fsp3) is 0.316. The van der Waals surface area contributed by atoms with Crippen LogP contribution in [0.2, 0.25) is 0 Å². The third-order valence-electron chi connectivity index (χ3n) is 4.55. The summed E-state index contributed by atoms with van der Waals surface area (Å²) in [4.78, 5) is 6.83. The van der Waals surface area contributed by atoms with Crippen molar-refractivity contribution < 1.29 is 12.6 Å². The van der Waals surface area contributed by atoms with Gasteiger partial charge in [0, 0.05) is 53.5 Å². The maximum atomic E-state index is 13.0. The van der Waals surface area contributed by atoms with Crippen LogP contribution in [0.15, 0.2) is 52.4 Å². The molecular formula is C19H22N4O3S2. The maximum absolute atomic E-state index is 13.0. The van der Waals surface area contributed by atoms with Gasteiger partial charge in [0.15, 0.2) is 0 Å². The third-order valence-corrected chi connectivity index (χ3v) is 7.34. The van der Waals surface area contributed by atoms with Crippen molar-refractivity contribution in [1.29, 1.82) is 0 Å². The molecule has 0 radical (unpaired) electrons. The van der Waals surface area contributed by atoms with Crippen LogP contribution in [0.4, 0.5) is 11.5 Å². The summed E-state index contributed by atoms with van der Waals surface area (Å²) in [6, 6.07) is 10.1. The van der Waals surface area contributed by atoms with Crippen molar-refractivity contribution in [1.82, 2.24) is 9.29 Å². The van der Waals surface area contributed by atoms with E-state index in [0.29, 0.717) is 13.1 Å². The van der Waals surface area contributed by atoms with Gasteiger partial charge in [-0.25, -0.2) is 13.4 Å². The van der Waals surface area contributed by atoms with Crippen LogP contribution >= 0.6 is 0 Å². The molecule has 28 heavy (non-hydrogen) atoms. The Kier molecular flexibility index (Phi) is 6.03. The number of benzene rings is 1. The zero-order chi connectivity index (χ0) is 20.3. The third kappa shape index (κ3) is 4.19. The summed E-state index contributed by atoms with van der Waals surface area (Å²) in [6.45, 7) is 2.81. The Morgan fingerprint density at radius 3 is 2.46 bits per heavy atom. The number of aromatic nitrogens is 1. The number of rotatable bonds is 4. The number of nitrogens with two attached hydrogens (primary N) is 1. The Balaban J connectivity index is 1.85. The Labute approximate surface area is 168 Å². The minimum atomic E-state index is -3.67. The van der Waals surface area contributed by atoms with E-state index in [2.05, 4.69) is 21.7 Å². The quantitative estimate of drug-likeness (QED) is 0.752. The number of nitrogen functional groups attached to an aromatic ring is 1. The number of piperazine rings is 1. The van der Waals surface area contributed by atoms with Gasteiger partial charge >= 0.3 is 0 Å². The van der Waals surface area contributed by atoms with Crippen molar-refractivity contribution in [2.75, 3.05) is 36.5 Å². The lowest BCUT2D eigenvalue weighted by Gasteiger charge is -2.39. The molecule has 1 aromatic heterocycles. The number of hydrogen-bond acceptors (Lipinski definition) is 6. The van der Waals surface area contributed by atoms with E-state index in [-0.39, 0.29) is 23.3 Å². The SMILES string of the molecule is CC#C[C@H]1CN(S(=O)(=O)c2ccc(N)nc2)CCN1c1ccc(S(C)=O)cc1. The van der Waals surface area contributed by atoms with Gasteiger partial charge in [-0.2, -0.15) is 4.31 Å². The first-order valence-electron chi connectivity index (χ1n) is 8.67. The molecule has 7 nitrogen and oxygen atoms in total. The van der Waals surface area contributed by atoms with Crippen LogP contribution in [0.5, 0.6) is 0 Å². The highest BCUT2D eigenvalue weighted by Crippen LogP contribution is 2.25. The van der Waals surface area contributed by atoms with E-state index < -0.39 is 20.8 Å². The minimum absolute atomic E-state index is 0.119. The van der Waals surface area contributed by atoms with Gasteiger partial charge in [0.05, 0.1) is 0 Å². The molecule has 1 aliphatic rings. The molecule has 1 fully saturated rings. The number of sulfonamides is 1. The molecule has 0 saturated carbocycles. The summed E-state index contributed by atoms with van der Waals surface area (Å²) in [5.41, 5.74) is 6.48. The van der Waals surface area contributed by atoms with Crippen LogP contribution < -0.4 is 10.6 Å². The van der Waals surface area contributed by atoms with Gasteiger partial charge in [0.2, 0.25) is 10.0 Å². The molecule has 1 saturated heterocycles. The van der Waals surface area contributed by atoms with E-state index in [1.807, 2.05) is 24.3 Å². The summed E-state index contributed by atoms with van der Waals surface area (Å²) in [5.74, 6) is 6.28. The first-order valence-corrected chi connectivity index (χ1v) is 11.7. The van der Waals surface area contributed by atoms with Gasteiger partial charge in [-0.15, -0.1) is 5.92 Å². The summed E-state index contributed by atoms with van der Waals surface area (Å²) in [7, 11) is -4.72. The fourth-order valence-corrected chi connectivity index (χ4v) is 5.00. The van der Waals surface area contributed by atoms with Crippen molar-refractivity contribution in [3.63, 3.8) is 0 Å². The Morgan fingerprint density at radius 2 is 1.89 bits per heavy atom. The van der Waals surface area contributed by atoms with Crippen LogP contribution in [-0.2, 0) is 20.8 Å². The highest BCUT2D eigenvalue weighted by molar-refractivity contribution is 7.89. The van der Waals surface area contributed by atoms with Crippen molar-refractivity contribution in [2.45, 2.75) is 22.8 Å². The molecule has 0 spiro atoms. The zero-order valence-electron chi connectivity index (χ0n) is 15.7. The van der Waals surface area contributed by atoms with Crippen LogP contribution in [0.1, 0.15) is 6.92 Å². The molecular weight excluding hydrogens is 396 g/mol. The highest BCUT2D eigenvalue weighted by atomic mass is 32.2. The van der Waals surface area contributed by atoms with Crippen molar-refractivity contribution in [2.24, 2.45) is 0 Å². The van der Waals surface area contributed by atoms with Crippen molar-refractivity contribution in [3.8, 4) is 11.8 Å². The number of pyridine rings is 1. The first kappa shape index (κ1) is 20.3. The average Bonchev–Trinajstić information content (AvgIpc) is 2.68. The molecule has 0 bridgehead atoms. The van der Waals surface area contributed by atoms with E-state index >= 15 is 0 Å². The van der Waals surface area contributed by atoms with Gasteiger partial charge in [-0.3, -0.25) is 4.21 Å². The minimum Gasteiger partial charge on any atom is -0.384 e. The standard InChI is InChI=1S/C19H22N4O3S2/c1-3-4-16-14-22(28(25,26)18-9-10-19(20)21-13-18)11-12-23(16)15-5-7-17(8-6-15)27(2)24/h5-10,13,16H,11-12,14H2,1-2H3,(H2,20,21)/t16-,27?/m0/s1. The first-order chi connectivity index (χ1) is 13.3. The molecule has 0 amide bonds. The highest BCUT2D eigenvalue weighted by Gasteiger charge is 2.33. The monoisotopic (exact) mass is 418 g/mol. The average molecular weight is 419 g/mol. The molecule has 3 rings (SSSR count). The van der Waals surface area contributed by atoms with Gasteiger partial charge in [-0.05, 0) is 43.3 Å². The largest absolute Gasteiger partial charge is 0.384 e. The van der Waals surface area contributed by atoms with E-state index in [1.165, 1.54) is 22.6 Å². The van der Waals surface area contributed by atoms with Gasteiger partial charge in [0.25, 0.3) is 0 Å². The summed E-state index contributed by atoms with van der Waals surface area (Å²) in [5, 5.41) is 0. The predicted octanol–water partition coefficient (Wildman–Crippen LogP) is 1.30. The lowest BCUT2D eigenvalue weighted by molar-refractivity contribution is 0.360.